The van der Waals surface area contributed by atoms with Crippen LogP contribution in [-0.4, -0.2) is 11.6 Å². The number of benzene rings is 5. The Bertz CT molecular complexity index is 1480. The van der Waals surface area contributed by atoms with Gasteiger partial charge in [0.2, 0.25) is 0 Å². The number of hydrogen-bond donors (Lipinski definition) is 0. The molecule has 0 fully saturated rings. The van der Waals surface area contributed by atoms with Gasteiger partial charge in [-0.2, -0.15) is 0 Å². The van der Waals surface area contributed by atoms with Crippen LogP contribution in [0.4, 0.5) is 0 Å². The molecule has 174 valence electrons. The number of carbonyl (C=O) groups is 2. The fourth-order valence-corrected chi connectivity index (χ4v) is 3.76. The van der Waals surface area contributed by atoms with Gasteiger partial charge in [-0.15, -0.1) is 0 Å². The summed E-state index contributed by atoms with van der Waals surface area (Å²) < 4.78 is 12.0. The van der Waals surface area contributed by atoms with Crippen molar-refractivity contribution in [2.45, 2.75) is 0 Å². The predicted molar refractivity (Wildman–Crippen MR) is 139 cm³/mol. The lowest BCUT2D eigenvalue weighted by Gasteiger charge is -2.13. The summed E-state index contributed by atoms with van der Waals surface area (Å²) in [6.45, 7) is 0. The van der Waals surface area contributed by atoms with Crippen LogP contribution < -0.4 is 9.47 Å². The summed E-state index contributed by atoms with van der Waals surface area (Å²) in [6, 6.07) is 39.5. The standard InChI is InChI=1S/C32H22O4/c33-31(23-10-4-1-5-11-23)25-16-21-29(32(34)24-12-6-2-7-13-24)30(22-25)36-28-19-17-27(18-20-28)35-26-14-8-3-9-15-26/h1-22H. The Morgan fingerprint density at radius 3 is 1.47 bits per heavy atom. The fourth-order valence-electron chi connectivity index (χ4n) is 3.76. The maximum Gasteiger partial charge on any atom is 0.196 e. The average Bonchev–Trinajstić information content (AvgIpc) is 2.95. The zero-order valence-electron chi connectivity index (χ0n) is 19.3. The predicted octanol–water partition coefficient (Wildman–Crippen LogP) is 7.73. The van der Waals surface area contributed by atoms with Gasteiger partial charge in [0.25, 0.3) is 0 Å². The smallest absolute Gasteiger partial charge is 0.196 e. The topological polar surface area (TPSA) is 52.6 Å². The van der Waals surface area contributed by atoms with Crippen molar-refractivity contribution in [1.82, 2.24) is 0 Å². The quantitative estimate of drug-likeness (QED) is 0.218. The van der Waals surface area contributed by atoms with E-state index in [9.17, 15) is 9.59 Å². The van der Waals surface area contributed by atoms with Crippen LogP contribution in [0.15, 0.2) is 133 Å². The minimum Gasteiger partial charge on any atom is -0.457 e. The Morgan fingerprint density at radius 1 is 0.417 bits per heavy atom. The van der Waals surface area contributed by atoms with Crippen LogP contribution in [-0.2, 0) is 0 Å². The van der Waals surface area contributed by atoms with Crippen molar-refractivity contribution in [2.24, 2.45) is 0 Å². The van der Waals surface area contributed by atoms with Crippen molar-refractivity contribution in [3.05, 3.63) is 156 Å². The van der Waals surface area contributed by atoms with Crippen molar-refractivity contribution in [3.63, 3.8) is 0 Å². The molecule has 36 heavy (non-hydrogen) atoms. The third-order valence-corrected chi connectivity index (χ3v) is 5.59. The fraction of sp³-hybridized carbons (Fsp3) is 0. The van der Waals surface area contributed by atoms with Crippen LogP contribution in [0.25, 0.3) is 0 Å². The summed E-state index contributed by atoms with van der Waals surface area (Å²) >= 11 is 0. The molecule has 0 N–H and O–H groups in total. The lowest BCUT2D eigenvalue weighted by Crippen LogP contribution is -2.07. The second-order valence-electron chi connectivity index (χ2n) is 8.09. The first-order valence-electron chi connectivity index (χ1n) is 11.5. The van der Waals surface area contributed by atoms with Crippen molar-refractivity contribution >= 4 is 11.6 Å². The number of hydrogen-bond acceptors (Lipinski definition) is 4. The zero-order chi connectivity index (χ0) is 24.7. The summed E-state index contributed by atoms with van der Waals surface area (Å²) in [5.74, 6) is 1.87. The average molecular weight is 471 g/mol. The highest BCUT2D eigenvalue weighted by atomic mass is 16.5. The second kappa shape index (κ2) is 10.5. The molecule has 0 radical (unpaired) electrons. The third kappa shape index (κ3) is 5.24. The van der Waals surface area contributed by atoms with E-state index in [-0.39, 0.29) is 11.6 Å². The summed E-state index contributed by atoms with van der Waals surface area (Å²) in [4.78, 5) is 26.3. The van der Waals surface area contributed by atoms with Gasteiger partial charge in [-0.1, -0.05) is 84.9 Å². The van der Waals surface area contributed by atoms with E-state index < -0.39 is 0 Å². The maximum atomic E-state index is 13.3. The lowest BCUT2D eigenvalue weighted by atomic mass is 9.97. The van der Waals surface area contributed by atoms with E-state index in [1.54, 1.807) is 66.7 Å². The van der Waals surface area contributed by atoms with Crippen molar-refractivity contribution < 1.29 is 19.1 Å². The molecule has 4 heteroatoms. The van der Waals surface area contributed by atoms with Gasteiger partial charge in [-0.3, -0.25) is 9.59 Å². The van der Waals surface area contributed by atoms with Gasteiger partial charge in [0.15, 0.2) is 11.6 Å². The molecule has 0 aliphatic carbocycles. The molecule has 0 aromatic heterocycles. The molecule has 0 saturated heterocycles. The van der Waals surface area contributed by atoms with E-state index in [1.807, 2.05) is 66.7 Å². The molecule has 0 atom stereocenters. The molecule has 5 aromatic rings. The normalized spacial score (nSPS) is 10.4. The van der Waals surface area contributed by atoms with Gasteiger partial charge in [0, 0.05) is 16.7 Å². The number of ketones is 2. The molecule has 0 aliphatic rings. The summed E-state index contributed by atoms with van der Waals surface area (Å²) in [5.41, 5.74) is 1.91. The van der Waals surface area contributed by atoms with E-state index in [1.165, 1.54) is 0 Å². The van der Waals surface area contributed by atoms with Gasteiger partial charge >= 0.3 is 0 Å². The van der Waals surface area contributed by atoms with Gasteiger partial charge in [-0.25, -0.2) is 0 Å². The Kier molecular flexibility index (Phi) is 6.68. The van der Waals surface area contributed by atoms with Crippen LogP contribution in [0, 0.1) is 0 Å². The Morgan fingerprint density at radius 2 is 0.889 bits per heavy atom. The highest BCUT2D eigenvalue weighted by molar-refractivity contribution is 6.13. The van der Waals surface area contributed by atoms with Crippen LogP contribution in [0.5, 0.6) is 23.0 Å². The van der Waals surface area contributed by atoms with E-state index in [0.29, 0.717) is 39.5 Å². The van der Waals surface area contributed by atoms with Gasteiger partial charge in [0.05, 0.1) is 5.56 Å². The first-order valence-corrected chi connectivity index (χ1v) is 11.5. The minimum absolute atomic E-state index is 0.147. The zero-order valence-corrected chi connectivity index (χ0v) is 19.3. The Hall–Kier alpha value is -4.96. The molecule has 5 aromatic carbocycles. The van der Waals surface area contributed by atoms with Gasteiger partial charge in [0.1, 0.15) is 23.0 Å². The molecule has 0 spiro atoms. The number of para-hydroxylation sites is 1. The molecule has 0 saturated carbocycles. The third-order valence-electron chi connectivity index (χ3n) is 5.59. The summed E-state index contributed by atoms with van der Waals surface area (Å²) in [7, 11) is 0. The molecule has 4 nitrogen and oxygen atoms in total. The summed E-state index contributed by atoms with van der Waals surface area (Å²) in [6.07, 6.45) is 0. The monoisotopic (exact) mass is 470 g/mol. The molecular weight excluding hydrogens is 448 g/mol. The molecule has 0 aliphatic heterocycles. The van der Waals surface area contributed by atoms with E-state index in [2.05, 4.69) is 0 Å². The van der Waals surface area contributed by atoms with Gasteiger partial charge < -0.3 is 9.47 Å². The number of rotatable bonds is 8. The first kappa shape index (κ1) is 22.8. The molecule has 0 unspecified atom stereocenters. The number of ether oxygens (including phenoxy) is 2. The first-order chi connectivity index (χ1) is 17.7. The largest absolute Gasteiger partial charge is 0.457 e. The van der Waals surface area contributed by atoms with Crippen LogP contribution in [0.1, 0.15) is 31.8 Å². The lowest BCUT2D eigenvalue weighted by molar-refractivity contribution is 0.102. The highest BCUT2D eigenvalue weighted by Gasteiger charge is 2.19. The second-order valence-corrected chi connectivity index (χ2v) is 8.09. The Balaban J connectivity index is 1.46. The Labute approximate surface area is 209 Å². The minimum atomic E-state index is -0.187. The van der Waals surface area contributed by atoms with E-state index >= 15 is 0 Å². The van der Waals surface area contributed by atoms with E-state index in [4.69, 9.17) is 9.47 Å². The van der Waals surface area contributed by atoms with E-state index in [0.717, 1.165) is 5.75 Å². The van der Waals surface area contributed by atoms with Crippen molar-refractivity contribution in [1.29, 1.82) is 0 Å². The van der Waals surface area contributed by atoms with Crippen LogP contribution in [0.2, 0.25) is 0 Å². The highest BCUT2D eigenvalue weighted by Crippen LogP contribution is 2.31. The molecular formula is C32H22O4. The molecule has 0 heterocycles. The summed E-state index contributed by atoms with van der Waals surface area (Å²) in [5, 5.41) is 0. The number of carbonyl (C=O) groups excluding carboxylic acids is 2. The van der Waals surface area contributed by atoms with Crippen LogP contribution >= 0.6 is 0 Å². The van der Waals surface area contributed by atoms with Gasteiger partial charge in [-0.05, 0) is 48.5 Å². The van der Waals surface area contributed by atoms with Crippen LogP contribution in [0.3, 0.4) is 0 Å². The van der Waals surface area contributed by atoms with Crippen molar-refractivity contribution in [2.75, 3.05) is 0 Å². The molecule has 5 rings (SSSR count). The maximum absolute atomic E-state index is 13.3. The SMILES string of the molecule is O=C(c1ccccc1)c1ccc(C(=O)c2ccccc2)c(Oc2ccc(Oc3ccccc3)cc2)c1. The molecule has 0 bridgehead atoms. The molecule has 0 amide bonds. The van der Waals surface area contributed by atoms with Crippen molar-refractivity contribution in [3.8, 4) is 23.0 Å².